The van der Waals surface area contributed by atoms with Crippen molar-refractivity contribution in [1.29, 1.82) is 0 Å². The van der Waals surface area contributed by atoms with E-state index in [9.17, 15) is 0 Å². The van der Waals surface area contributed by atoms with Gasteiger partial charge in [-0.05, 0) is 24.3 Å². The summed E-state index contributed by atoms with van der Waals surface area (Å²) in [6.07, 6.45) is 6.50. The third-order valence-electron chi connectivity index (χ3n) is 0.851. The van der Waals surface area contributed by atoms with Gasteiger partial charge in [0.1, 0.15) is 0 Å². The number of rotatable bonds is 0. The quantitative estimate of drug-likeness (QED) is 0.580. The molecule has 0 aliphatic heterocycles. The molecule has 0 radical (unpaired) electrons. The van der Waals surface area contributed by atoms with E-state index in [1.54, 1.807) is 25.1 Å². The van der Waals surface area contributed by atoms with Crippen molar-refractivity contribution in [1.82, 2.24) is 0 Å². The van der Waals surface area contributed by atoms with E-state index in [-0.39, 0.29) is 5.48 Å². The Kier molecular flexibility index (Phi) is 5.74. The van der Waals surface area contributed by atoms with E-state index < -0.39 is 0 Å². The number of hydrogen-bond donors (Lipinski definition) is 0. The summed E-state index contributed by atoms with van der Waals surface area (Å²) >= 11 is 0. The van der Waals surface area contributed by atoms with E-state index in [0.29, 0.717) is 0 Å². The Bertz CT molecular complexity index is 149. The summed E-state index contributed by atoms with van der Waals surface area (Å²) in [5.74, 6) is 0. The fourth-order valence-electron chi connectivity index (χ4n) is 0.454. The Labute approximate surface area is 64.6 Å². The van der Waals surface area contributed by atoms with Crippen molar-refractivity contribution in [3.8, 4) is 0 Å². The van der Waals surface area contributed by atoms with Crippen LogP contribution in [0.2, 0.25) is 0 Å². The highest BCUT2D eigenvalue weighted by atomic mass is 16.3. The van der Waals surface area contributed by atoms with Gasteiger partial charge in [0.05, 0.1) is 25.1 Å². The molecule has 2 N–H and O–H groups in total. The second-order valence-electron chi connectivity index (χ2n) is 1.59. The molecule has 2 aromatic heterocycles. The Balaban J connectivity index is 0.000000167. The average molecular weight is 154 g/mol. The van der Waals surface area contributed by atoms with Crippen LogP contribution in [-0.2, 0) is 0 Å². The molecule has 0 unspecified atom stereocenters. The van der Waals surface area contributed by atoms with Crippen LogP contribution in [0.25, 0.3) is 0 Å². The summed E-state index contributed by atoms with van der Waals surface area (Å²) in [6, 6.07) is 7.33. The zero-order valence-electron chi connectivity index (χ0n) is 5.94. The van der Waals surface area contributed by atoms with Gasteiger partial charge in [0.2, 0.25) is 0 Å². The molecule has 0 fully saturated rings. The molecule has 0 aliphatic carbocycles. The van der Waals surface area contributed by atoms with Crippen LogP contribution in [0.4, 0.5) is 0 Å². The molecular weight excluding hydrogens is 144 g/mol. The highest BCUT2D eigenvalue weighted by Crippen LogP contribution is 1.80. The molecule has 60 valence electrons. The average Bonchev–Trinajstić information content (AvgIpc) is 2.67. The van der Waals surface area contributed by atoms with Crippen molar-refractivity contribution in [3.63, 3.8) is 0 Å². The number of furan rings is 2. The summed E-state index contributed by atoms with van der Waals surface area (Å²) < 4.78 is 9.17. The van der Waals surface area contributed by atoms with Crippen molar-refractivity contribution in [2.24, 2.45) is 0 Å². The van der Waals surface area contributed by atoms with Gasteiger partial charge in [-0.2, -0.15) is 0 Å². The first kappa shape index (κ1) is 9.52. The zero-order chi connectivity index (χ0) is 7.07. The lowest BCUT2D eigenvalue weighted by molar-refractivity contribution is 0.567. The highest BCUT2D eigenvalue weighted by Gasteiger charge is 1.59. The van der Waals surface area contributed by atoms with E-state index in [4.69, 9.17) is 0 Å². The van der Waals surface area contributed by atoms with Gasteiger partial charge >= 0.3 is 0 Å². The van der Waals surface area contributed by atoms with Crippen molar-refractivity contribution < 1.29 is 14.3 Å². The van der Waals surface area contributed by atoms with Crippen LogP contribution < -0.4 is 0 Å². The molecule has 0 aromatic carbocycles. The van der Waals surface area contributed by atoms with Gasteiger partial charge in [0, 0.05) is 0 Å². The van der Waals surface area contributed by atoms with E-state index in [2.05, 4.69) is 8.83 Å². The first-order valence-corrected chi connectivity index (χ1v) is 2.94. The van der Waals surface area contributed by atoms with Crippen LogP contribution in [0.1, 0.15) is 0 Å². The van der Waals surface area contributed by atoms with E-state index in [1.165, 1.54) is 0 Å². The Morgan fingerprint density at radius 3 is 0.909 bits per heavy atom. The first-order chi connectivity index (χ1) is 5.00. The summed E-state index contributed by atoms with van der Waals surface area (Å²) in [6.45, 7) is 0. The molecule has 2 rings (SSSR count). The van der Waals surface area contributed by atoms with Gasteiger partial charge in [-0.15, -0.1) is 0 Å². The molecule has 0 saturated heterocycles. The maximum Gasteiger partial charge on any atom is 0.0902 e. The maximum absolute atomic E-state index is 4.58. The summed E-state index contributed by atoms with van der Waals surface area (Å²) in [4.78, 5) is 0. The lowest BCUT2D eigenvalue weighted by atomic mass is 10.7. The van der Waals surface area contributed by atoms with E-state index >= 15 is 0 Å². The summed E-state index contributed by atoms with van der Waals surface area (Å²) in [5, 5.41) is 0. The molecule has 0 atom stereocenters. The fraction of sp³-hybridized carbons (Fsp3) is 0. The second kappa shape index (κ2) is 6.64. The molecule has 0 amide bonds. The van der Waals surface area contributed by atoms with Crippen LogP contribution in [-0.4, -0.2) is 5.48 Å². The van der Waals surface area contributed by atoms with Crippen molar-refractivity contribution in [2.45, 2.75) is 0 Å². The SMILES string of the molecule is O.c1ccoc1.c1ccoc1. The van der Waals surface area contributed by atoms with Crippen molar-refractivity contribution >= 4 is 0 Å². The largest absolute Gasteiger partial charge is 0.473 e. The fourth-order valence-corrected chi connectivity index (χ4v) is 0.454. The topological polar surface area (TPSA) is 57.8 Å². The summed E-state index contributed by atoms with van der Waals surface area (Å²) in [7, 11) is 0. The lowest BCUT2D eigenvalue weighted by Gasteiger charge is -1.50. The normalized spacial score (nSPS) is 7.27. The molecule has 0 spiro atoms. The van der Waals surface area contributed by atoms with Gasteiger partial charge in [-0.3, -0.25) is 0 Å². The highest BCUT2D eigenvalue weighted by molar-refractivity contribution is 4.79. The number of hydrogen-bond acceptors (Lipinski definition) is 2. The standard InChI is InChI=1S/2C4H4O.H2O/c2*1-2-4-5-3-1;/h2*1-4H;1H2. The van der Waals surface area contributed by atoms with Gasteiger partial charge in [0.15, 0.2) is 0 Å². The van der Waals surface area contributed by atoms with Crippen LogP contribution in [0.15, 0.2) is 58.2 Å². The predicted octanol–water partition coefficient (Wildman–Crippen LogP) is 1.73. The van der Waals surface area contributed by atoms with Gasteiger partial charge < -0.3 is 14.3 Å². The van der Waals surface area contributed by atoms with Gasteiger partial charge in [0.25, 0.3) is 0 Å². The Morgan fingerprint density at radius 1 is 0.545 bits per heavy atom. The first-order valence-electron chi connectivity index (χ1n) is 2.94. The Hall–Kier alpha value is -1.48. The summed E-state index contributed by atoms with van der Waals surface area (Å²) in [5.41, 5.74) is 0. The second-order valence-corrected chi connectivity index (χ2v) is 1.59. The lowest BCUT2D eigenvalue weighted by Crippen LogP contribution is -1.16. The minimum Gasteiger partial charge on any atom is -0.473 e. The monoisotopic (exact) mass is 154 g/mol. The molecule has 2 aromatic rings. The zero-order valence-corrected chi connectivity index (χ0v) is 5.94. The minimum absolute atomic E-state index is 0. The van der Waals surface area contributed by atoms with Crippen molar-refractivity contribution in [2.75, 3.05) is 0 Å². The van der Waals surface area contributed by atoms with Crippen LogP contribution in [0, 0.1) is 0 Å². The smallest absolute Gasteiger partial charge is 0.0902 e. The molecule has 2 heterocycles. The molecule has 3 nitrogen and oxygen atoms in total. The maximum atomic E-state index is 4.58. The van der Waals surface area contributed by atoms with Crippen molar-refractivity contribution in [3.05, 3.63) is 49.3 Å². The molecule has 0 bridgehead atoms. The minimum atomic E-state index is 0. The van der Waals surface area contributed by atoms with Crippen LogP contribution in [0.3, 0.4) is 0 Å². The van der Waals surface area contributed by atoms with Gasteiger partial charge in [-0.1, -0.05) is 0 Å². The van der Waals surface area contributed by atoms with Crippen LogP contribution in [0.5, 0.6) is 0 Å². The molecule has 0 saturated carbocycles. The molecule has 3 heteroatoms. The molecule has 11 heavy (non-hydrogen) atoms. The third kappa shape index (κ3) is 4.99. The van der Waals surface area contributed by atoms with E-state index in [1.807, 2.05) is 24.3 Å². The van der Waals surface area contributed by atoms with Crippen LogP contribution >= 0.6 is 0 Å². The van der Waals surface area contributed by atoms with Gasteiger partial charge in [-0.25, -0.2) is 0 Å². The third-order valence-corrected chi connectivity index (χ3v) is 0.851. The Morgan fingerprint density at radius 2 is 0.818 bits per heavy atom. The predicted molar refractivity (Wildman–Crippen MR) is 41.0 cm³/mol. The van der Waals surface area contributed by atoms with E-state index in [0.717, 1.165) is 0 Å². The molecule has 0 aliphatic rings. The molecular formula is C8H10O3.